The van der Waals surface area contributed by atoms with E-state index in [9.17, 15) is 80.8 Å². The molecule has 1 aliphatic carbocycles. The number of aromatic hydroxyl groups is 3. The maximum atomic E-state index is 15.6. The molecule has 4 fully saturated rings. The van der Waals surface area contributed by atoms with Gasteiger partial charge in [0.25, 0.3) is 11.4 Å². The van der Waals surface area contributed by atoms with Crippen LogP contribution in [0.15, 0.2) is 86.4 Å². The predicted octanol–water partition coefficient (Wildman–Crippen LogP) is -0.195. The number of ether oxygens (including phenoxy) is 4. The van der Waals surface area contributed by atoms with Crippen molar-refractivity contribution in [2.75, 3.05) is 13.2 Å². The van der Waals surface area contributed by atoms with Gasteiger partial charge in [-0.2, -0.15) is 0 Å². The number of nitrogens with one attached hydrogen (secondary N) is 3. The van der Waals surface area contributed by atoms with E-state index in [0.717, 1.165) is 43.4 Å². The number of aromatic amines is 1. The third-order valence-electron chi connectivity index (χ3n) is 17.5. The van der Waals surface area contributed by atoms with Gasteiger partial charge in [-0.1, -0.05) is 31.4 Å². The quantitative estimate of drug-likeness (QED) is 0.0206. The van der Waals surface area contributed by atoms with Gasteiger partial charge < -0.3 is 105 Å². The lowest BCUT2D eigenvalue weighted by Crippen LogP contribution is -2.79. The zero-order valence-electron chi connectivity index (χ0n) is 44.5. The van der Waals surface area contributed by atoms with Gasteiger partial charge in [0.1, 0.15) is 52.8 Å². The van der Waals surface area contributed by atoms with Crippen LogP contribution in [0.3, 0.4) is 0 Å². The lowest BCUT2D eigenvalue weighted by atomic mass is 9.73. The largest absolute Gasteiger partial charge is 0.507 e. The Morgan fingerprint density at radius 1 is 0.952 bits per heavy atom. The average molecular weight is 1150 g/mol. The maximum Gasteiger partial charge on any atom is 0.354 e. The normalized spacial score (nSPS) is 33.8. The number of aliphatic hydroxyl groups excluding tert-OH is 7. The molecule has 4 aromatic rings. The Labute approximate surface area is 471 Å². The molecule has 14 unspecified atom stereocenters. The van der Waals surface area contributed by atoms with Gasteiger partial charge in [-0.25, -0.2) is 9.59 Å². The third-order valence-corrected chi connectivity index (χ3v) is 17.5. The van der Waals surface area contributed by atoms with Crippen molar-refractivity contribution in [3.05, 3.63) is 104 Å². The van der Waals surface area contributed by atoms with Gasteiger partial charge >= 0.3 is 11.9 Å². The molecule has 6 aliphatic heterocycles. The second-order valence-corrected chi connectivity index (χ2v) is 22.4. The number of carboxylic acids is 1. The van der Waals surface area contributed by atoms with Gasteiger partial charge in [0.15, 0.2) is 29.1 Å². The number of carboxylic acid groups (broad SMARTS) is 1. The fourth-order valence-corrected chi connectivity index (χ4v) is 13.1. The lowest BCUT2D eigenvalue weighted by molar-refractivity contribution is -0.432. The summed E-state index contributed by atoms with van der Waals surface area (Å²) in [7, 11) is 0. The standard InChI is InChI=1S/C58H63N3O22/c1-2-36-34(21-33-27-6-3-7-32(17-27)60-51(33)61-36)35-20-30(19-31-8-4-13-59-31)57(80-41-23-40-43(45(68)42(35)41)37(65)22-39(79-40)29-16-28(10-15-63)44(67)38(66)18-29)48(71)46(69)47(70)54(82-57)11-5-12-55(52(74)75)58(77,78)50(73)49(72)56(83-55,81-53(54)76)24-26(25-64)9-14-62/h4,8,13-14,16,18,20-23,26-27,32,35,46-51,59-61,63-64,66-73,77-78H,2-3,6-7,9-11,15,17,19,24-25H2,1H3,(H,74,75). The van der Waals surface area contributed by atoms with Gasteiger partial charge in [-0.15, -0.1) is 0 Å². The van der Waals surface area contributed by atoms with Crippen molar-refractivity contribution in [2.24, 2.45) is 11.8 Å². The van der Waals surface area contributed by atoms with Crippen molar-refractivity contribution >= 4 is 29.2 Å². The molecule has 16 N–H and O–H groups in total. The summed E-state index contributed by atoms with van der Waals surface area (Å²) in [6.07, 6.45) is -8.02. The first-order valence-electron chi connectivity index (χ1n) is 27.3. The van der Waals surface area contributed by atoms with Crippen LogP contribution in [-0.4, -0.2) is 174 Å². The van der Waals surface area contributed by atoms with Crippen LogP contribution >= 0.6 is 0 Å². The summed E-state index contributed by atoms with van der Waals surface area (Å²) < 4.78 is 31.8. The highest BCUT2D eigenvalue weighted by atomic mass is 16.8. The van der Waals surface area contributed by atoms with Crippen molar-refractivity contribution in [1.29, 1.82) is 0 Å². The summed E-state index contributed by atoms with van der Waals surface area (Å²) in [5.41, 5.74) is -5.90. The van der Waals surface area contributed by atoms with Gasteiger partial charge in [-0.05, 0) is 85.3 Å². The fourth-order valence-electron chi connectivity index (χ4n) is 13.1. The Hall–Kier alpha value is -7.16. The molecular weight excluding hydrogens is 1090 g/mol. The molecule has 25 heteroatoms. The van der Waals surface area contributed by atoms with E-state index in [1.165, 1.54) is 18.2 Å². The minimum Gasteiger partial charge on any atom is -0.507 e. The number of carbonyl (C=O) groups excluding carboxylic acids is 2. The van der Waals surface area contributed by atoms with Crippen LogP contribution in [0.5, 0.6) is 23.0 Å². The molecule has 2 aromatic heterocycles. The van der Waals surface area contributed by atoms with Crippen LogP contribution in [0, 0.1) is 23.7 Å². The number of benzene rings is 2. The number of rotatable bonds is 13. The van der Waals surface area contributed by atoms with E-state index in [1.54, 1.807) is 18.3 Å². The lowest BCUT2D eigenvalue weighted by Gasteiger charge is -2.55. The number of H-pyrrole nitrogens is 1. The summed E-state index contributed by atoms with van der Waals surface area (Å²) in [5, 5.41) is 156. The molecule has 83 heavy (non-hydrogen) atoms. The number of allylic oxidation sites excluding steroid dienone is 4. The number of fused-ring (bicyclic) bond motifs is 8. The number of hydrogen-bond acceptors (Lipinski definition) is 23. The highest BCUT2D eigenvalue weighted by molar-refractivity contribution is 5.90. The second-order valence-electron chi connectivity index (χ2n) is 22.4. The van der Waals surface area contributed by atoms with Gasteiger partial charge in [0, 0.05) is 96.4 Å². The van der Waals surface area contributed by atoms with Crippen molar-refractivity contribution in [3.63, 3.8) is 0 Å². The van der Waals surface area contributed by atoms with E-state index in [4.69, 9.17) is 23.4 Å². The van der Waals surface area contributed by atoms with E-state index in [-0.39, 0.29) is 59.0 Å². The molecule has 7 aliphatic rings. The second kappa shape index (κ2) is 21.2. The van der Waals surface area contributed by atoms with Crippen LogP contribution in [-0.2, 0) is 41.4 Å². The minimum absolute atomic E-state index is 0.0372. The van der Waals surface area contributed by atoms with Gasteiger partial charge in [0.05, 0.1) is 12.6 Å². The highest BCUT2D eigenvalue weighted by Gasteiger charge is 2.76. The van der Waals surface area contributed by atoms with E-state index < -0.39 is 155 Å². The molecule has 8 heterocycles. The number of esters is 1. The zero-order valence-corrected chi connectivity index (χ0v) is 44.5. The third kappa shape index (κ3) is 9.02. The number of aliphatic carboxylic acids is 1. The number of hydrogen-bond donors (Lipinski definition) is 16. The van der Waals surface area contributed by atoms with Gasteiger partial charge in [0.2, 0.25) is 17.2 Å². The van der Waals surface area contributed by atoms with Crippen molar-refractivity contribution < 1.29 is 104 Å². The Balaban J connectivity index is 1.18. The van der Waals surface area contributed by atoms with Crippen molar-refractivity contribution in [3.8, 4) is 46.2 Å². The molecule has 14 atom stereocenters. The van der Waals surface area contributed by atoms with Crippen LogP contribution in [0.2, 0.25) is 0 Å². The summed E-state index contributed by atoms with van der Waals surface area (Å²) in [5.74, 6) is -15.4. The number of carbonyl (C=O) groups is 3. The first-order chi connectivity index (χ1) is 39.5. The fraction of sp³-hybridized carbons (Fsp3) is 0.483. The van der Waals surface area contributed by atoms with Gasteiger partial charge in [-0.3, -0.25) is 10.1 Å². The van der Waals surface area contributed by atoms with Crippen LogP contribution in [0.25, 0.3) is 22.3 Å². The monoisotopic (exact) mass is 1150 g/mol. The van der Waals surface area contributed by atoms with E-state index >= 15 is 4.79 Å². The summed E-state index contributed by atoms with van der Waals surface area (Å²) in [4.78, 5) is 58.6. The molecule has 25 nitrogen and oxygen atoms in total. The number of aldehydes is 1. The molecule has 0 amide bonds. The number of dihydropyridines is 1. The number of phenols is 3. The first kappa shape index (κ1) is 57.6. The molecule has 2 aromatic carbocycles. The summed E-state index contributed by atoms with van der Waals surface area (Å²) in [6.45, 7) is 0.512. The SMILES string of the molecule is CCC1=C(C2C=C(Cc3ccc[nH]3)C3(Oc4cc5oc(-c6cc(O)c(O)c(CCO)c6)cc(=O)c5c(O)c42)OC2(CC#CC4(C(=O)O)OC(CC(CO)CC=O)(OC2=O)C(O)C(O)C4(O)O)C(O)C(O)C3O)C=C2C3CCCC(C3)NC2N1. The highest BCUT2D eigenvalue weighted by Crippen LogP contribution is 2.56. The summed E-state index contributed by atoms with van der Waals surface area (Å²) in [6, 6.07) is 8.15. The molecular formula is C58H63N3O22. The average Bonchev–Trinajstić information content (AvgIpc) is 1.90. The van der Waals surface area contributed by atoms with E-state index in [1.807, 2.05) is 18.9 Å². The topological polar surface area (TPSA) is 421 Å². The Kier molecular flexibility index (Phi) is 14.7. The molecule has 442 valence electrons. The minimum atomic E-state index is -4.04. The number of aromatic nitrogens is 1. The van der Waals surface area contributed by atoms with Crippen molar-refractivity contribution in [1.82, 2.24) is 15.6 Å². The Morgan fingerprint density at radius 3 is 2.43 bits per heavy atom. The van der Waals surface area contributed by atoms with E-state index in [0.29, 0.717) is 29.7 Å². The maximum absolute atomic E-state index is 15.6. The Morgan fingerprint density at radius 2 is 1.73 bits per heavy atom. The smallest absolute Gasteiger partial charge is 0.354 e. The number of piperidine rings is 1. The zero-order chi connectivity index (χ0) is 59.3. The van der Waals surface area contributed by atoms with E-state index in [2.05, 4.69) is 21.5 Å². The Bertz CT molecular complexity index is 3510. The molecule has 4 bridgehead atoms. The molecule has 0 radical (unpaired) electrons. The van der Waals surface area contributed by atoms with Crippen molar-refractivity contribution in [2.45, 2.75) is 148 Å². The number of aliphatic hydroxyl groups is 9. The molecule has 1 saturated carbocycles. The predicted molar refractivity (Wildman–Crippen MR) is 283 cm³/mol. The van der Waals surface area contributed by atoms with Crippen LogP contribution in [0.4, 0.5) is 0 Å². The van der Waals surface area contributed by atoms with Crippen LogP contribution in [0.1, 0.15) is 81.0 Å². The molecule has 3 saturated heterocycles. The van der Waals surface area contributed by atoms with Crippen LogP contribution < -0.4 is 20.8 Å². The molecule has 2 spiro atoms. The molecule has 11 rings (SSSR count). The summed E-state index contributed by atoms with van der Waals surface area (Å²) >= 11 is 0. The first-order valence-corrected chi connectivity index (χ1v) is 27.3. The number of phenolic OH excluding ortho intramolecular Hbond substituents is 3.